The zero-order valence-electron chi connectivity index (χ0n) is 12.2. The van der Waals surface area contributed by atoms with Crippen molar-refractivity contribution in [3.8, 4) is 11.3 Å². The Bertz CT molecular complexity index is 579. The van der Waals surface area contributed by atoms with Gasteiger partial charge >= 0.3 is 0 Å². The lowest BCUT2D eigenvalue weighted by molar-refractivity contribution is 0.606. The first-order valence-electron chi connectivity index (χ1n) is 7.74. The highest BCUT2D eigenvalue weighted by Crippen LogP contribution is 2.24. The average Bonchev–Trinajstić information content (AvgIpc) is 2.96. The summed E-state index contributed by atoms with van der Waals surface area (Å²) in [5, 5.41) is 7.53. The molecule has 1 aromatic heterocycles. The smallest absolute Gasteiger partial charge is 0.203 e. The number of hydrazone groups is 1. The van der Waals surface area contributed by atoms with Gasteiger partial charge in [-0.25, -0.2) is 4.98 Å². The molecule has 21 heavy (non-hydrogen) atoms. The highest BCUT2D eigenvalue weighted by Gasteiger charge is 2.06. The van der Waals surface area contributed by atoms with Gasteiger partial charge in [0.2, 0.25) is 5.13 Å². The standard InChI is InChI=1S/C17H21N3S/c1-2-7-11-15(12-8-3-1)19-20-17-18-16(13-21-17)14-9-5-4-6-10-14/h4-6,9-10,13H,1-3,7-8,11-12H2,(H,18,20). The molecule has 110 valence electrons. The van der Waals surface area contributed by atoms with E-state index < -0.39 is 0 Å². The molecule has 1 heterocycles. The zero-order valence-corrected chi connectivity index (χ0v) is 13.0. The van der Waals surface area contributed by atoms with Crippen molar-refractivity contribution in [1.82, 2.24) is 4.98 Å². The summed E-state index contributed by atoms with van der Waals surface area (Å²) in [5.41, 5.74) is 6.61. The average molecular weight is 299 g/mol. The van der Waals surface area contributed by atoms with Gasteiger partial charge in [-0.1, -0.05) is 49.6 Å². The van der Waals surface area contributed by atoms with Gasteiger partial charge in [-0.3, -0.25) is 5.43 Å². The molecule has 4 heteroatoms. The molecule has 0 unspecified atom stereocenters. The second kappa shape index (κ2) is 7.36. The van der Waals surface area contributed by atoms with Gasteiger partial charge in [0.25, 0.3) is 0 Å². The van der Waals surface area contributed by atoms with Gasteiger partial charge in [-0.2, -0.15) is 5.10 Å². The molecule has 0 aliphatic heterocycles. The second-order valence-electron chi connectivity index (χ2n) is 5.46. The van der Waals surface area contributed by atoms with E-state index in [0.29, 0.717) is 0 Å². The summed E-state index contributed by atoms with van der Waals surface area (Å²) in [4.78, 5) is 4.61. The number of anilines is 1. The number of aromatic nitrogens is 1. The molecule has 3 rings (SSSR count). The van der Waals surface area contributed by atoms with Crippen molar-refractivity contribution < 1.29 is 0 Å². The summed E-state index contributed by atoms with van der Waals surface area (Å²) in [7, 11) is 0. The molecule has 1 saturated carbocycles. The fourth-order valence-electron chi connectivity index (χ4n) is 2.62. The maximum Gasteiger partial charge on any atom is 0.203 e. The van der Waals surface area contributed by atoms with E-state index in [4.69, 9.17) is 0 Å². The third-order valence-corrected chi connectivity index (χ3v) is 4.56. The second-order valence-corrected chi connectivity index (χ2v) is 6.32. The first-order chi connectivity index (χ1) is 10.4. The van der Waals surface area contributed by atoms with E-state index in [1.165, 1.54) is 37.8 Å². The summed E-state index contributed by atoms with van der Waals surface area (Å²) in [6.45, 7) is 0. The van der Waals surface area contributed by atoms with Crippen LogP contribution in [0.2, 0.25) is 0 Å². The summed E-state index contributed by atoms with van der Waals surface area (Å²) in [5.74, 6) is 0. The minimum atomic E-state index is 0.878. The lowest BCUT2D eigenvalue weighted by Crippen LogP contribution is -2.05. The van der Waals surface area contributed by atoms with Crippen molar-refractivity contribution in [2.45, 2.75) is 44.9 Å². The van der Waals surface area contributed by atoms with Crippen LogP contribution in [0.1, 0.15) is 44.9 Å². The minimum absolute atomic E-state index is 0.878. The van der Waals surface area contributed by atoms with E-state index in [1.54, 1.807) is 11.3 Å². The lowest BCUT2D eigenvalue weighted by atomic mass is 9.99. The third-order valence-electron chi connectivity index (χ3n) is 3.81. The molecule has 1 N–H and O–H groups in total. The van der Waals surface area contributed by atoms with Crippen LogP contribution in [-0.2, 0) is 0 Å². The molecule has 1 aromatic carbocycles. The topological polar surface area (TPSA) is 37.3 Å². The predicted molar refractivity (Wildman–Crippen MR) is 90.9 cm³/mol. The van der Waals surface area contributed by atoms with Gasteiger partial charge in [0.15, 0.2) is 0 Å². The summed E-state index contributed by atoms with van der Waals surface area (Å²) < 4.78 is 0. The highest BCUT2D eigenvalue weighted by molar-refractivity contribution is 7.14. The van der Waals surface area contributed by atoms with Crippen molar-refractivity contribution in [1.29, 1.82) is 0 Å². The first-order valence-corrected chi connectivity index (χ1v) is 8.62. The van der Waals surface area contributed by atoms with Gasteiger partial charge in [-0.05, 0) is 25.7 Å². The Kier molecular flexibility index (Phi) is 5.00. The van der Waals surface area contributed by atoms with Crippen LogP contribution in [0.15, 0.2) is 40.8 Å². The molecule has 1 aliphatic carbocycles. The molecule has 0 bridgehead atoms. The van der Waals surface area contributed by atoms with Crippen molar-refractivity contribution in [3.63, 3.8) is 0 Å². The molecule has 3 nitrogen and oxygen atoms in total. The fourth-order valence-corrected chi connectivity index (χ4v) is 3.28. The van der Waals surface area contributed by atoms with Crippen LogP contribution >= 0.6 is 11.3 Å². The molecule has 2 aromatic rings. The Morgan fingerprint density at radius 3 is 2.43 bits per heavy atom. The SMILES string of the molecule is c1ccc(-c2csc(NN=C3CCCCCCC3)n2)cc1. The molecule has 0 radical (unpaired) electrons. The summed E-state index contributed by atoms with van der Waals surface area (Å²) >= 11 is 1.61. The maximum absolute atomic E-state index is 4.61. The van der Waals surface area contributed by atoms with E-state index in [2.05, 4.69) is 33.0 Å². The van der Waals surface area contributed by atoms with E-state index in [0.717, 1.165) is 29.2 Å². The number of nitrogens with one attached hydrogen (secondary N) is 1. The Morgan fingerprint density at radius 2 is 1.67 bits per heavy atom. The third kappa shape index (κ3) is 4.14. The summed E-state index contributed by atoms with van der Waals surface area (Å²) in [6, 6.07) is 10.3. The van der Waals surface area contributed by atoms with Crippen LogP contribution in [0, 0.1) is 0 Å². The molecule has 1 aliphatic rings. The number of benzene rings is 1. The van der Waals surface area contributed by atoms with Crippen molar-refractivity contribution in [2.75, 3.05) is 5.43 Å². The molecule has 0 atom stereocenters. The number of thiazole rings is 1. The molecule has 0 spiro atoms. The Balaban J connectivity index is 1.64. The van der Waals surface area contributed by atoms with Gasteiger partial charge < -0.3 is 0 Å². The molecular formula is C17H21N3S. The molecule has 1 fully saturated rings. The van der Waals surface area contributed by atoms with E-state index in [1.807, 2.05) is 18.2 Å². The van der Waals surface area contributed by atoms with Gasteiger partial charge in [0.05, 0.1) is 5.69 Å². The van der Waals surface area contributed by atoms with Gasteiger partial charge in [0.1, 0.15) is 0 Å². The zero-order chi connectivity index (χ0) is 14.3. The Morgan fingerprint density at radius 1 is 0.952 bits per heavy atom. The minimum Gasteiger partial charge on any atom is -0.253 e. The van der Waals surface area contributed by atoms with Crippen LogP contribution < -0.4 is 5.43 Å². The maximum atomic E-state index is 4.61. The van der Waals surface area contributed by atoms with Crippen molar-refractivity contribution >= 4 is 22.2 Å². The monoisotopic (exact) mass is 299 g/mol. The van der Waals surface area contributed by atoms with E-state index >= 15 is 0 Å². The number of nitrogens with zero attached hydrogens (tertiary/aromatic N) is 2. The fraction of sp³-hybridized carbons (Fsp3) is 0.412. The first kappa shape index (κ1) is 14.3. The van der Waals surface area contributed by atoms with E-state index in [-0.39, 0.29) is 0 Å². The largest absolute Gasteiger partial charge is 0.253 e. The lowest BCUT2D eigenvalue weighted by Gasteiger charge is -2.10. The highest BCUT2D eigenvalue weighted by atomic mass is 32.1. The molecule has 0 amide bonds. The van der Waals surface area contributed by atoms with Crippen LogP contribution in [0.5, 0.6) is 0 Å². The number of hydrogen-bond donors (Lipinski definition) is 1. The van der Waals surface area contributed by atoms with E-state index in [9.17, 15) is 0 Å². The van der Waals surface area contributed by atoms with Gasteiger partial charge in [-0.15, -0.1) is 11.3 Å². The number of hydrogen-bond acceptors (Lipinski definition) is 4. The predicted octanol–water partition coefficient (Wildman–Crippen LogP) is 5.32. The Labute approximate surface area is 130 Å². The molecular weight excluding hydrogens is 278 g/mol. The van der Waals surface area contributed by atoms with Gasteiger partial charge in [0, 0.05) is 16.7 Å². The normalized spacial score (nSPS) is 16.1. The van der Waals surface area contributed by atoms with Crippen molar-refractivity contribution in [3.05, 3.63) is 35.7 Å². The molecule has 0 saturated heterocycles. The van der Waals surface area contributed by atoms with Crippen LogP contribution in [0.3, 0.4) is 0 Å². The quantitative estimate of drug-likeness (QED) is 0.778. The number of rotatable bonds is 3. The van der Waals surface area contributed by atoms with Crippen LogP contribution in [-0.4, -0.2) is 10.7 Å². The van der Waals surface area contributed by atoms with Crippen molar-refractivity contribution in [2.24, 2.45) is 5.10 Å². The van der Waals surface area contributed by atoms with Crippen LogP contribution in [0.25, 0.3) is 11.3 Å². The van der Waals surface area contributed by atoms with Crippen LogP contribution in [0.4, 0.5) is 5.13 Å². The Hall–Kier alpha value is -1.68. The summed E-state index contributed by atoms with van der Waals surface area (Å²) in [6.07, 6.45) is 8.87.